The lowest BCUT2D eigenvalue weighted by Gasteiger charge is -2.16. The fourth-order valence-electron chi connectivity index (χ4n) is 1.60. The number of benzene rings is 1. The Balaban J connectivity index is 2.47. The number of carbonyl (C=O) groups is 2. The van der Waals surface area contributed by atoms with Crippen molar-refractivity contribution in [1.82, 2.24) is 0 Å². The van der Waals surface area contributed by atoms with Gasteiger partial charge in [0, 0.05) is 16.9 Å². The largest absolute Gasteiger partial charge is 0.288 e. The van der Waals surface area contributed by atoms with E-state index in [2.05, 4.69) is 12.6 Å². The zero-order chi connectivity index (χ0) is 12.4. The minimum atomic E-state index is -0.275. The zero-order valence-electron chi connectivity index (χ0n) is 8.77. The molecule has 0 spiro atoms. The van der Waals surface area contributed by atoms with Crippen LogP contribution in [0.1, 0.15) is 20.7 Å². The van der Waals surface area contributed by atoms with E-state index in [1.54, 1.807) is 24.3 Å². The third kappa shape index (κ3) is 2.30. The number of halogens is 1. The van der Waals surface area contributed by atoms with E-state index < -0.39 is 0 Å². The van der Waals surface area contributed by atoms with Crippen molar-refractivity contribution in [2.24, 2.45) is 0 Å². The molecule has 17 heavy (non-hydrogen) atoms. The Bertz CT molecular complexity index is 523. The molecule has 1 aromatic rings. The molecule has 1 aliphatic carbocycles. The summed E-state index contributed by atoms with van der Waals surface area (Å²) in [5.74, 6) is 0.831. The van der Waals surface area contributed by atoms with E-state index in [0.29, 0.717) is 27.5 Å². The van der Waals surface area contributed by atoms with Crippen LogP contribution < -0.4 is 0 Å². The molecule has 2 nitrogen and oxygen atoms in total. The predicted octanol–water partition coefficient (Wildman–Crippen LogP) is 3.18. The van der Waals surface area contributed by atoms with Gasteiger partial charge in [-0.25, -0.2) is 0 Å². The van der Waals surface area contributed by atoms with Gasteiger partial charge in [0.15, 0.2) is 0 Å². The second kappa shape index (κ2) is 5.29. The van der Waals surface area contributed by atoms with E-state index in [1.165, 1.54) is 11.8 Å². The van der Waals surface area contributed by atoms with Crippen molar-refractivity contribution in [2.45, 2.75) is 0 Å². The Hall–Kier alpha value is -0.710. The van der Waals surface area contributed by atoms with Crippen LogP contribution in [-0.2, 0) is 0 Å². The third-order valence-electron chi connectivity index (χ3n) is 2.36. The molecule has 0 heterocycles. The van der Waals surface area contributed by atoms with Gasteiger partial charge in [0.05, 0.1) is 4.91 Å². The molecule has 0 fully saturated rings. The minimum absolute atomic E-state index is 0.0282. The average molecular weight is 285 g/mol. The molecule has 0 aromatic heterocycles. The summed E-state index contributed by atoms with van der Waals surface area (Å²) in [6, 6.07) is 6.74. The molecule has 5 heteroatoms. The highest BCUT2D eigenvalue weighted by Crippen LogP contribution is 2.34. The fourth-order valence-corrected chi connectivity index (χ4v) is 2.98. The van der Waals surface area contributed by atoms with Gasteiger partial charge in [-0.1, -0.05) is 35.9 Å². The summed E-state index contributed by atoms with van der Waals surface area (Å²) in [6.45, 7) is 0. The second-order valence-corrected chi connectivity index (χ2v) is 5.35. The number of Topliss-reactive ketones (excluding diaryl/α,β-unsaturated/α-hetero) is 2. The van der Waals surface area contributed by atoms with Gasteiger partial charge in [0.25, 0.3) is 0 Å². The molecule has 0 saturated carbocycles. The van der Waals surface area contributed by atoms with Gasteiger partial charge in [-0.3, -0.25) is 9.59 Å². The van der Waals surface area contributed by atoms with Crippen LogP contribution in [0.4, 0.5) is 0 Å². The summed E-state index contributed by atoms with van der Waals surface area (Å²) in [5, 5.41) is 0.0282. The van der Waals surface area contributed by atoms with Gasteiger partial charge in [0.2, 0.25) is 11.6 Å². The Morgan fingerprint density at radius 2 is 1.71 bits per heavy atom. The first kappa shape index (κ1) is 12.7. The van der Waals surface area contributed by atoms with E-state index in [-0.39, 0.29) is 16.6 Å². The molecule has 88 valence electrons. The van der Waals surface area contributed by atoms with E-state index >= 15 is 0 Å². The van der Waals surface area contributed by atoms with Gasteiger partial charge in [-0.2, -0.15) is 12.6 Å². The van der Waals surface area contributed by atoms with Crippen LogP contribution in [0.15, 0.2) is 34.2 Å². The van der Waals surface area contributed by atoms with Crippen LogP contribution in [0.2, 0.25) is 0 Å². The van der Waals surface area contributed by atoms with Crippen molar-refractivity contribution in [3.8, 4) is 0 Å². The van der Waals surface area contributed by atoms with Gasteiger partial charge < -0.3 is 0 Å². The summed E-state index contributed by atoms with van der Waals surface area (Å²) >= 11 is 11.3. The van der Waals surface area contributed by atoms with Gasteiger partial charge >= 0.3 is 0 Å². The van der Waals surface area contributed by atoms with Gasteiger partial charge in [-0.15, -0.1) is 11.8 Å². The summed E-state index contributed by atoms with van der Waals surface area (Å²) in [5.41, 5.74) is 0.821. The van der Waals surface area contributed by atoms with Crippen LogP contribution in [-0.4, -0.2) is 23.1 Å². The summed E-state index contributed by atoms with van der Waals surface area (Å²) in [4.78, 5) is 24.4. The molecule has 0 bridgehead atoms. The lowest BCUT2D eigenvalue weighted by molar-refractivity contribution is 0.0987. The second-order valence-electron chi connectivity index (χ2n) is 3.42. The monoisotopic (exact) mass is 284 g/mol. The molecule has 0 amide bonds. The van der Waals surface area contributed by atoms with E-state index in [0.717, 1.165) is 0 Å². The number of thiol groups is 1. The number of carbonyl (C=O) groups excluding carboxylic acids is 2. The molecule has 0 aliphatic heterocycles. The lowest BCUT2D eigenvalue weighted by Crippen LogP contribution is -2.18. The van der Waals surface area contributed by atoms with Crippen molar-refractivity contribution in [2.75, 3.05) is 11.5 Å². The average Bonchev–Trinajstić information content (AvgIpc) is 2.36. The van der Waals surface area contributed by atoms with E-state index in [9.17, 15) is 9.59 Å². The quantitative estimate of drug-likeness (QED) is 0.866. The number of hydrogen-bond donors (Lipinski definition) is 1. The maximum atomic E-state index is 12.1. The summed E-state index contributed by atoms with van der Waals surface area (Å²) in [6.07, 6.45) is 0. The molecule has 2 rings (SSSR count). The first-order valence-corrected chi connectivity index (χ1v) is 6.98. The van der Waals surface area contributed by atoms with Crippen molar-refractivity contribution in [1.29, 1.82) is 0 Å². The molecule has 1 aliphatic rings. The maximum Gasteiger partial charge on any atom is 0.206 e. The first-order valence-electron chi connectivity index (χ1n) is 4.98. The SMILES string of the molecule is O=C1C(Cl)=C(SCCS)C(=O)c2ccccc21. The number of rotatable bonds is 3. The molecule has 0 unspecified atom stereocenters. The highest BCUT2D eigenvalue weighted by atomic mass is 35.5. The zero-order valence-corrected chi connectivity index (χ0v) is 11.2. The molecule has 0 N–H and O–H groups in total. The summed E-state index contributed by atoms with van der Waals surface area (Å²) < 4.78 is 0. The Kier molecular flexibility index (Phi) is 3.97. The van der Waals surface area contributed by atoms with Gasteiger partial charge in [0.1, 0.15) is 5.03 Å². The van der Waals surface area contributed by atoms with Crippen LogP contribution in [0.3, 0.4) is 0 Å². The molecule has 0 atom stereocenters. The Labute approximate surface area is 114 Å². The molecule has 1 aromatic carbocycles. The normalized spacial score (nSPS) is 15.2. The van der Waals surface area contributed by atoms with Crippen LogP contribution in [0, 0.1) is 0 Å². The number of thioether (sulfide) groups is 1. The van der Waals surface area contributed by atoms with Gasteiger partial charge in [-0.05, 0) is 5.75 Å². The minimum Gasteiger partial charge on any atom is -0.288 e. The van der Waals surface area contributed by atoms with Crippen molar-refractivity contribution in [3.63, 3.8) is 0 Å². The van der Waals surface area contributed by atoms with E-state index in [1.807, 2.05) is 0 Å². The number of allylic oxidation sites excluding steroid dienone is 2. The Morgan fingerprint density at radius 3 is 2.29 bits per heavy atom. The van der Waals surface area contributed by atoms with Crippen molar-refractivity contribution < 1.29 is 9.59 Å². The maximum absolute atomic E-state index is 12.1. The van der Waals surface area contributed by atoms with Crippen molar-refractivity contribution >= 4 is 47.6 Å². The number of ketones is 2. The van der Waals surface area contributed by atoms with E-state index in [4.69, 9.17) is 11.6 Å². The fraction of sp³-hybridized carbons (Fsp3) is 0.167. The topological polar surface area (TPSA) is 34.1 Å². The predicted molar refractivity (Wildman–Crippen MR) is 74.3 cm³/mol. The molecule has 0 saturated heterocycles. The lowest BCUT2D eigenvalue weighted by atomic mass is 9.95. The standard InChI is InChI=1S/C12H9ClO2S2/c13-9-10(14)7-3-1-2-4-8(7)11(15)12(9)17-6-5-16/h1-4,16H,5-6H2. The van der Waals surface area contributed by atoms with Crippen LogP contribution in [0.5, 0.6) is 0 Å². The van der Waals surface area contributed by atoms with Crippen LogP contribution in [0.25, 0.3) is 0 Å². The smallest absolute Gasteiger partial charge is 0.206 e. The summed E-state index contributed by atoms with van der Waals surface area (Å²) in [7, 11) is 0. The first-order chi connectivity index (χ1) is 8.16. The highest BCUT2D eigenvalue weighted by molar-refractivity contribution is 8.04. The molecular formula is C12H9ClO2S2. The van der Waals surface area contributed by atoms with Crippen LogP contribution >= 0.6 is 36.0 Å². The molecular weight excluding hydrogens is 276 g/mol. The number of hydrogen-bond acceptors (Lipinski definition) is 4. The van der Waals surface area contributed by atoms with Crippen molar-refractivity contribution in [3.05, 3.63) is 45.3 Å². The number of fused-ring (bicyclic) bond motifs is 1. The third-order valence-corrected chi connectivity index (χ3v) is 4.44. The highest BCUT2D eigenvalue weighted by Gasteiger charge is 2.30. The Morgan fingerprint density at radius 1 is 1.12 bits per heavy atom. The molecule has 0 radical (unpaired) electrons.